The lowest BCUT2D eigenvalue weighted by molar-refractivity contribution is -0.157. The van der Waals surface area contributed by atoms with Gasteiger partial charge >= 0.3 is 0 Å². The predicted octanol–water partition coefficient (Wildman–Crippen LogP) is 3.15. The van der Waals surface area contributed by atoms with Gasteiger partial charge in [0.1, 0.15) is 0 Å². The molecule has 0 aliphatic carbocycles. The van der Waals surface area contributed by atoms with Gasteiger partial charge < -0.3 is 24.4 Å². The number of unbranched alkanes of at least 4 members (excludes halogenated alkanes) is 1. The molecule has 0 bridgehead atoms. The topological polar surface area (TPSA) is 62.2 Å². The van der Waals surface area contributed by atoms with Crippen LogP contribution in [0, 0.1) is 11.8 Å². The molecule has 2 unspecified atom stereocenters. The molecule has 3 rings (SSSR count). The van der Waals surface area contributed by atoms with Crippen LogP contribution in [0.3, 0.4) is 0 Å². The lowest BCUT2D eigenvalue weighted by Gasteiger charge is -2.40. The number of ether oxygens (including phenoxy) is 2. The molecule has 6 heteroatoms. The number of piperidine rings is 2. The van der Waals surface area contributed by atoms with Gasteiger partial charge in [0, 0.05) is 32.2 Å². The highest BCUT2D eigenvalue weighted by Gasteiger charge is 2.34. The Kier molecular flexibility index (Phi) is 8.82. The van der Waals surface area contributed by atoms with Gasteiger partial charge in [-0.05, 0) is 69.5 Å². The molecule has 0 aromatic heterocycles. The molecule has 0 spiro atoms. The number of rotatable bonds is 8. The van der Waals surface area contributed by atoms with Crippen molar-refractivity contribution in [2.24, 2.45) is 11.8 Å². The molecular formula is C23H40N2O4. The van der Waals surface area contributed by atoms with Crippen molar-refractivity contribution in [2.45, 2.75) is 77.5 Å². The normalized spacial score (nSPS) is 27.0. The van der Waals surface area contributed by atoms with Gasteiger partial charge in [-0.25, -0.2) is 0 Å². The fourth-order valence-electron chi connectivity index (χ4n) is 4.70. The number of hydrogen-bond acceptors (Lipinski definition) is 5. The number of carbonyl (C=O) groups excluding carboxylic acids is 1. The monoisotopic (exact) mass is 408 g/mol. The molecule has 0 aromatic rings. The zero-order valence-corrected chi connectivity index (χ0v) is 18.4. The van der Waals surface area contributed by atoms with Gasteiger partial charge in [-0.1, -0.05) is 20.3 Å². The first kappa shape index (κ1) is 22.6. The van der Waals surface area contributed by atoms with Crippen molar-refractivity contribution < 1.29 is 19.4 Å². The summed E-state index contributed by atoms with van der Waals surface area (Å²) in [7, 11) is 0. The van der Waals surface area contributed by atoms with E-state index >= 15 is 0 Å². The Bertz CT molecular complexity index is 537. The second-order valence-corrected chi connectivity index (χ2v) is 9.14. The third kappa shape index (κ3) is 6.43. The van der Waals surface area contributed by atoms with Crippen LogP contribution in [0.15, 0.2) is 11.8 Å². The quantitative estimate of drug-likeness (QED) is 0.625. The van der Waals surface area contributed by atoms with Gasteiger partial charge in [-0.15, -0.1) is 0 Å². The molecule has 2 atom stereocenters. The number of aliphatic hydroxyl groups is 1. The highest BCUT2D eigenvalue weighted by Crippen LogP contribution is 2.30. The van der Waals surface area contributed by atoms with E-state index in [0.29, 0.717) is 24.3 Å². The number of aliphatic hydroxyl groups excluding tert-OH is 1. The fraction of sp³-hybridized carbons (Fsp3) is 0.870. The van der Waals surface area contributed by atoms with E-state index in [0.717, 1.165) is 45.2 Å². The minimum absolute atomic E-state index is 0.0244. The van der Waals surface area contributed by atoms with Crippen LogP contribution in [-0.2, 0) is 14.3 Å². The van der Waals surface area contributed by atoms with Crippen molar-refractivity contribution in [3.63, 3.8) is 0 Å². The first-order valence-corrected chi connectivity index (χ1v) is 11.7. The van der Waals surface area contributed by atoms with Gasteiger partial charge in [-0.2, -0.15) is 0 Å². The molecule has 1 amide bonds. The van der Waals surface area contributed by atoms with Crippen LogP contribution in [-0.4, -0.2) is 72.5 Å². The summed E-state index contributed by atoms with van der Waals surface area (Å²) in [6, 6.07) is 0.631. The summed E-state index contributed by atoms with van der Waals surface area (Å²) in [5.41, 5.74) is 0. The highest BCUT2D eigenvalue weighted by molar-refractivity contribution is 5.91. The van der Waals surface area contributed by atoms with Crippen molar-refractivity contribution in [2.75, 3.05) is 39.4 Å². The molecule has 166 valence electrons. The first-order chi connectivity index (χ1) is 14.1. The van der Waals surface area contributed by atoms with E-state index in [1.165, 1.54) is 32.4 Å². The average Bonchev–Trinajstić information content (AvgIpc) is 2.77. The third-order valence-corrected chi connectivity index (χ3v) is 6.67. The second kappa shape index (κ2) is 11.3. The van der Waals surface area contributed by atoms with Crippen molar-refractivity contribution >= 4 is 5.91 Å². The first-order valence-electron chi connectivity index (χ1n) is 11.7. The van der Waals surface area contributed by atoms with Crippen molar-refractivity contribution in [3.8, 4) is 0 Å². The van der Waals surface area contributed by atoms with E-state index in [4.69, 9.17) is 14.6 Å². The molecule has 3 aliphatic heterocycles. The maximum atomic E-state index is 13.2. The van der Waals surface area contributed by atoms with Gasteiger partial charge in [0.25, 0.3) is 5.91 Å². The minimum atomic E-state index is -0.365. The summed E-state index contributed by atoms with van der Waals surface area (Å²) in [5, 5.41) is 8.93. The van der Waals surface area contributed by atoms with Crippen LogP contribution in [0.25, 0.3) is 0 Å². The minimum Gasteiger partial charge on any atom is -0.459 e. The Morgan fingerprint density at radius 1 is 1.17 bits per heavy atom. The lowest BCUT2D eigenvalue weighted by atomic mass is 9.90. The number of likely N-dealkylation sites (tertiary alicyclic amines) is 2. The molecule has 6 nitrogen and oxygen atoms in total. The van der Waals surface area contributed by atoms with E-state index in [1.54, 1.807) is 0 Å². The van der Waals surface area contributed by atoms with E-state index in [9.17, 15) is 4.79 Å². The molecule has 0 aromatic carbocycles. The number of allylic oxidation sites excluding steroid dienone is 1. The number of nitrogens with zero attached hydrogens (tertiary/aromatic N) is 2. The van der Waals surface area contributed by atoms with Crippen LogP contribution in [0.2, 0.25) is 0 Å². The molecule has 2 fully saturated rings. The molecule has 0 saturated carbocycles. The Balaban J connectivity index is 1.53. The van der Waals surface area contributed by atoms with Gasteiger partial charge in [0.05, 0.1) is 6.61 Å². The molecule has 2 saturated heterocycles. The Morgan fingerprint density at radius 2 is 1.90 bits per heavy atom. The predicted molar refractivity (Wildman–Crippen MR) is 113 cm³/mol. The SMILES string of the molecule is CC(C)C1C=C(C(=O)N2CCC(N3CCCCC3)CC2)OC(OCCCCO)C1. The van der Waals surface area contributed by atoms with Crippen LogP contribution in [0.1, 0.15) is 65.2 Å². The summed E-state index contributed by atoms with van der Waals surface area (Å²) >= 11 is 0. The Labute approximate surface area is 176 Å². The van der Waals surface area contributed by atoms with Gasteiger partial charge in [-0.3, -0.25) is 4.79 Å². The smallest absolute Gasteiger partial charge is 0.288 e. The third-order valence-electron chi connectivity index (χ3n) is 6.67. The maximum absolute atomic E-state index is 13.2. The number of amides is 1. The fourth-order valence-corrected chi connectivity index (χ4v) is 4.70. The van der Waals surface area contributed by atoms with E-state index in [1.807, 2.05) is 11.0 Å². The molecule has 3 aliphatic rings. The zero-order valence-electron chi connectivity index (χ0n) is 18.4. The molecular weight excluding hydrogens is 368 g/mol. The van der Waals surface area contributed by atoms with Crippen LogP contribution >= 0.6 is 0 Å². The zero-order chi connectivity index (χ0) is 20.6. The maximum Gasteiger partial charge on any atom is 0.288 e. The van der Waals surface area contributed by atoms with Gasteiger partial charge in [0.15, 0.2) is 5.76 Å². The largest absolute Gasteiger partial charge is 0.459 e. The molecule has 29 heavy (non-hydrogen) atoms. The summed E-state index contributed by atoms with van der Waals surface area (Å²) in [4.78, 5) is 17.8. The number of hydrogen-bond donors (Lipinski definition) is 1. The van der Waals surface area contributed by atoms with Crippen LogP contribution < -0.4 is 0 Å². The average molecular weight is 409 g/mol. The summed E-state index contributed by atoms with van der Waals surface area (Å²) in [5.74, 6) is 1.22. The van der Waals surface area contributed by atoms with Crippen molar-refractivity contribution in [1.29, 1.82) is 0 Å². The Hall–Kier alpha value is -1.11. The Morgan fingerprint density at radius 3 is 2.55 bits per heavy atom. The summed E-state index contributed by atoms with van der Waals surface area (Å²) < 4.78 is 11.9. The standard InChI is InChI=1S/C23H40N2O4/c1-18(2)19-16-21(29-22(17-19)28-15-7-6-14-26)23(27)25-12-8-20(9-13-25)24-10-4-3-5-11-24/h16,18-20,22,26H,3-15,17H2,1-2H3. The van der Waals surface area contributed by atoms with Crippen LogP contribution in [0.5, 0.6) is 0 Å². The molecule has 1 N–H and O–H groups in total. The number of carbonyl (C=O) groups is 1. The van der Waals surface area contributed by atoms with E-state index in [2.05, 4.69) is 18.7 Å². The van der Waals surface area contributed by atoms with Gasteiger partial charge in [0.2, 0.25) is 6.29 Å². The van der Waals surface area contributed by atoms with Crippen molar-refractivity contribution in [3.05, 3.63) is 11.8 Å². The van der Waals surface area contributed by atoms with Crippen molar-refractivity contribution in [1.82, 2.24) is 9.80 Å². The van der Waals surface area contributed by atoms with E-state index in [-0.39, 0.29) is 24.7 Å². The second-order valence-electron chi connectivity index (χ2n) is 9.14. The molecule has 0 radical (unpaired) electrons. The lowest BCUT2D eigenvalue weighted by Crippen LogP contribution is -2.49. The van der Waals surface area contributed by atoms with E-state index < -0.39 is 0 Å². The molecule has 3 heterocycles. The highest BCUT2D eigenvalue weighted by atomic mass is 16.7. The summed E-state index contributed by atoms with van der Waals surface area (Å²) in [6.07, 6.45) is 10.1. The van der Waals surface area contributed by atoms with Crippen LogP contribution in [0.4, 0.5) is 0 Å². The summed E-state index contributed by atoms with van der Waals surface area (Å²) in [6.45, 7) is 9.17.